The van der Waals surface area contributed by atoms with Crippen molar-refractivity contribution in [1.82, 2.24) is 10.2 Å². The maximum absolute atomic E-state index is 13.1. The van der Waals surface area contributed by atoms with Gasteiger partial charge in [0.1, 0.15) is 5.75 Å². The summed E-state index contributed by atoms with van der Waals surface area (Å²) in [6.45, 7) is 1.44. The van der Waals surface area contributed by atoms with Gasteiger partial charge in [-0.25, -0.2) is 0 Å². The van der Waals surface area contributed by atoms with Gasteiger partial charge in [0.2, 0.25) is 11.8 Å². The van der Waals surface area contributed by atoms with Gasteiger partial charge in [-0.05, 0) is 25.3 Å². The van der Waals surface area contributed by atoms with Crippen LogP contribution < -0.4 is 10.1 Å². The maximum atomic E-state index is 13.1. The molecule has 2 fully saturated rings. The predicted octanol–water partition coefficient (Wildman–Crippen LogP) is 2.81. The molecule has 0 radical (unpaired) electrons. The Morgan fingerprint density at radius 3 is 2.80 bits per heavy atom. The molecule has 2 amide bonds. The number of hydrogen-bond donors (Lipinski definition) is 1. The fourth-order valence-electron chi connectivity index (χ4n) is 4.58. The van der Waals surface area contributed by atoms with Crippen LogP contribution in [0, 0.1) is 5.92 Å². The fraction of sp³-hybridized carbons (Fsp3) is 0.600. The van der Waals surface area contributed by atoms with Gasteiger partial charge >= 0.3 is 0 Å². The molecule has 3 atom stereocenters. The first kappa shape index (κ1) is 16.4. The Kier molecular flexibility index (Phi) is 4.64. The molecule has 134 valence electrons. The smallest absolute Gasteiger partial charge is 0.225 e. The number of carbonyl (C=O) groups is 2. The van der Waals surface area contributed by atoms with E-state index in [0.29, 0.717) is 13.0 Å². The number of hydrogen-bond acceptors (Lipinski definition) is 3. The van der Waals surface area contributed by atoms with Crippen molar-refractivity contribution in [3.8, 4) is 5.75 Å². The molecule has 1 unspecified atom stereocenters. The summed E-state index contributed by atoms with van der Waals surface area (Å²) in [5, 5.41) is 3.26. The van der Waals surface area contributed by atoms with Gasteiger partial charge in [-0.2, -0.15) is 0 Å². The largest absolute Gasteiger partial charge is 0.493 e. The molecule has 5 heteroatoms. The average Bonchev–Trinajstić information content (AvgIpc) is 3.08. The van der Waals surface area contributed by atoms with Crippen LogP contribution in [0.2, 0.25) is 0 Å². The molecule has 3 aliphatic rings. The quantitative estimate of drug-likeness (QED) is 0.919. The first-order valence-corrected chi connectivity index (χ1v) is 9.55. The molecule has 1 aliphatic carbocycles. The van der Waals surface area contributed by atoms with Crippen molar-refractivity contribution >= 4 is 11.8 Å². The number of rotatable bonds is 3. The van der Waals surface area contributed by atoms with Crippen LogP contribution in [0.3, 0.4) is 0 Å². The number of para-hydroxylation sites is 1. The Hall–Kier alpha value is -2.04. The molecule has 2 heterocycles. The van der Waals surface area contributed by atoms with Crippen molar-refractivity contribution in [3.05, 3.63) is 29.8 Å². The molecule has 1 aromatic carbocycles. The molecule has 0 bridgehead atoms. The molecule has 1 saturated carbocycles. The van der Waals surface area contributed by atoms with Gasteiger partial charge in [-0.1, -0.05) is 31.0 Å². The fourth-order valence-corrected chi connectivity index (χ4v) is 4.58. The molecular formula is C20H26N2O3. The van der Waals surface area contributed by atoms with Crippen LogP contribution in [0.4, 0.5) is 0 Å². The van der Waals surface area contributed by atoms with Crippen LogP contribution in [0.1, 0.15) is 56.6 Å². The summed E-state index contributed by atoms with van der Waals surface area (Å²) >= 11 is 0. The van der Waals surface area contributed by atoms with Gasteiger partial charge in [0.25, 0.3) is 0 Å². The summed E-state index contributed by atoms with van der Waals surface area (Å²) in [5.74, 6) is 1.12. The predicted molar refractivity (Wildman–Crippen MR) is 94.1 cm³/mol. The standard InChI is InChI=1S/C20H26N2O3/c23-19-10-5-12-22(19)17-8-3-1-7-15(17)20(24)21-16-11-13-25-18-9-4-2-6-14(16)18/h2,4,6,9,15-17H,1,3,5,7-8,10-13H2,(H,21,24)/t15-,16?,17+/m1/s1. The Balaban J connectivity index is 1.49. The van der Waals surface area contributed by atoms with Gasteiger partial charge in [-0.15, -0.1) is 0 Å². The van der Waals surface area contributed by atoms with E-state index in [1.54, 1.807) is 0 Å². The number of nitrogens with one attached hydrogen (secondary N) is 1. The summed E-state index contributed by atoms with van der Waals surface area (Å²) in [6.07, 6.45) is 6.37. The second-order valence-electron chi connectivity index (χ2n) is 7.39. The van der Waals surface area contributed by atoms with E-state index in [1.807, 2.05) is 29.2 Å². The second kappa shape index (κ2) is 7.06. The highest BCUT2D eigenvalue weighted by Gasteiger charge is 2.39. The van der Waals surface area contributed by atoms with Gasteiger partial charge < -0.3 is 15.0 Å². The van der Waals surface area contributed by atoms with Crippen molar-refractivity contribution in [3.63, 3.8) is 0 Å². The van der Waals surface area contributed by atoms with Gasteiger partial charge in [0.05, 0.1) is 18.6 Å². The van der Waals surface area contributed by atoms with E-state index in [2.05, 4.69) is 5.32 Å². The number of amides is 2. The lowest BCUT2D eigenvalue weighted by atomic mass is 9.82. The molecule has 1 N–H and O–H groups in total. The highest BCUT2D eigenvalue weighted by Crippen LogP contribution is 2.34. The molecule has 25 heavy (non-hydrogen) atoms. The SMILES string of the molecule is O=C(NC1CCOc2ccccc21)[C@@H]1CCCC[C@@H]1N1CCCC1=O. The molecule has 1 saturated heterocycles. The van der Waals surface area contributed by atoms with Crippen LogP contribution in [-0.2, 0) is 9.59 Å². The van der Waals surface area contributed by atoms with E-state index in [-0.39, 0.29) is 29.8 Å². The van der Waals surface area contributed by atoms with Crippen LogP contribution in [0.15, 0.2) is 24.3 Å². The Bertz CT molecular complexity index is 660. The van der Waals surface area contributed by atoms with E-state index in [4.69, 9.17) is 4.74 Å². The summed E-state index contributed by atoms with van der Waals surface area (Å²) < 4.78 is 5.69. The lowest BCUT2D eigenvalue weighted by Crippen LogP contribution is -2.49. The summed E-state index contributed by atoms with van der Waals surface area (Å²) in [5.41, 5.74) is 1.06. The third-order valence-electron chi connectivity index (χ3n) is 5.85. The van der Waals surface area contributed by atoms with Crippen LogP contribution in [0.25, 0.3) is 0 Å². The molecule has 5 nitrogen and oxygen atoms in total. The number of nitrogens with zero attached hydrogens (tertiary/aromatic N) is 1. The van der Waals surface area contributed by atoms with Crippen molar-refractivity contribution in [2.45, 2.75) is 57.0 Å². The number of benzene rings is 1. The number of ether oxygens (including phenoxy) is 1. The maximum Gasteiger partial charge on any atom is 0.225 e. The number of carbonyl (C=O) groups excluding carboxylic acids is 2. The zero-order chi connectivity index (χ0) is 17.2. The van der Waals surface area contributed by atoms with E-state index in [0.717, 1.165) is 56.4 Å². The van der Waals surface area contributed by atoms with Crippen molar-refractivity contribution in [2.75, 3.05) is 13.2 Å². The van der Waals surface area contributed by atoms with E-state index >= 15 is 0 Å². The summed E-state index contributed by atoms with van der Waals surface area (Å²) in [6, 6.07) is 8.02. The average molecular weight is 342 g/mol. The normalized spacial score (nSPS) is 29.0. The second-order valence-corrected chi connectivity index (χ2v) is 7.39. The molecule has 0 aromatic heterocycles. The highest BCUT2D eigenvalue weighted by atomic mass is 16.5. The van der Waals surface area contributed by atoms with E-state index in [1.165, 1.54) is 0 Å². The molecule has 2 aliphatic heterocycles. The Morgan fingerprint density at radius 2 is 1.96 bits per heavy atom. The Morgan fingerprint density at radius 1 is 1.12 bits per heavy atom. The summed E-state index contributed by atoms with van der Waals surface area (Å²) in [7, 11) is 0. The topological polar surface area (TPSA) is 58.6 Å². The third kappa shape index (κ3) is 3.24. The molecule has 1 aromatic rings. The van der Waals surface area contributed by atoms with Crippen molar-refractivity contribution in [2.24, 2.45) is 5.92 Å². The minimum absolute atomic E-state index is 0.00862. The van der Waals surface area contributed by atoms with Crippen molar-refractivity contribution < 1.29 is 14.3 Å². The monoisotopic (exact) mass is 342 g/mol. The van der Waals surface area contributed by atoms with E-state index < -0.39 is 0 Å². The van der Waals surface area contributed by atoms with Crippen LogP contribution in [-0.4, -0.2) is 35.9 Å². The van der Waals surface area contributed by atoms with Gasteiger partial charge in [-0.3, -0.25) is 9.59 Å². The van der Waals surface area contributed by atoms with Crippen molar-refractivity contribution in [1.29, 1.82) is 0 Å². The first-order chi connectivity index (χ1) is 12.2. The minimum Gasteiger partial charge on any atom is -0.493 e. The minimum atomic E-state index is -0.0780. The van der Waals surface area contributed by atoms with Gasteiger partial charge in [0.15, 0.2) is 0 Å². The zero-order valence-corrected chi connectivity index (χ0v) is 14.6. The van der Waals surface area contributed by atoms with Crippen LogP contribution >= 0.6 is 0 Å². The third-order valence-corrected chi connectivity index (χ3v) is 5.85. The van der Waals surface area contributed by atoms with Gasteiger partial charge in [0, 0.05) is 31.0 Å². The Labute approximate surface area is 148 Å². The zero-order valence-electron chi connectivity index (χ0n) is 14.6. The summed E-state index contributed by atoms with van der Waals surface area (Å²) in [4.78, 5) is 27.2. The molecule has 0 spiro atoms. The lowest BCUT2D eigenvalue weighted by molar-refractivity contribution is -0.136. The highest BCUT2D eigenvalue weighted by molar-refractivity contribution is 5.83. The van der Waals surface area contributed by atoms with E-state index in [9.17, 15) is 9.59 Å². The first-order valence-electron chi connectivity index (χ1n) is 9.55. The molecule has 4 rings (SSSR count). The van der Waals surface area contributed by atoms with Crippen LogP contribution in [0.5, 0.6) is 5.75 Å². The number of likely N-dealkylation sites (tertiary alicyclic amines) is 1. The number of fused-ring (bicyclic) bond motifs is 1. The lowest BCUT2D eigenvalue weighted by Gasteiger charge is -2.38. The molecular weight excluding hydrogens is 316 g/mol.